The summed E-state index contributed by atoms with van der Waals surface area (Å²) < 4.78 is 73.0. The van der Waals surface area contributed by atoms with Gasteiger partial charge in [0, 0.05) is 55.7 Å². The fourth-order valence-electron chi connectivity index (χ4n) is 6.20. The molecular formula is C24H36F3N5O4S. The number of rotatable bonds is 9. The first-order valence-electron chi connectivity index (χ1n) is 13.3. The number of piperidine rings is 2. The molecule has 0 spiro atoms. The van der Waals surface area contributed by atoms with Crippen LogP contribution in [0.4, 0.5) is 13.2 Å². The van der Waals surface area contributed by atoms with Gasteiger partial charge in [0.25, 0.3) is 16.1 Å². The molecule has 5 rings (SSSR count). The number of carbonyl (C=O) groups excluding carboxylic acids is 1. The molecule has 2 bridgehead atoms. The summed E-state index contributed by atoms with van der Waals surface area (Å²) in [5.74, 6) is 0.846. The lowest BCUT2D eigenvalue weighted by Gasteiger charge is -2.43. The summed E-state index contributed by atoms with van der Waals surface area (Å²) in [6, 6.07) is 1.36. The van der Waals surface area contributed by atoms with E-state index in [1.54, 1.807) is 10.4 Å². The van der Waals surface area contributed by atoms with Crippen LogP contribution in [-0.2, 0) is 10.2 Å². The highest BCUT2D eigenvalue weighted by Gasteiger charge is 2.49. The molecule has 1 aromatic heterocycles. The number of alkyl halides is 3. The Labute approximate surface area is 215 Å². The Morgan fingerprint density at radius 2 is 1.78 bits per heavy atom. The number of nitrogens with one attached hydrogen (secondary N) is 1. The summed E-state index contributed by atoms with van der Waals surface area (Å²) in [5, 5.41) is 6.94. The van der Waals surface area contributed by atoms with E-state index >= 15 is 0 Å². The predicted molar refractivity (Wildman–Crippen MR) is 129 cm³/mol. The minimum Gasteiger partial charge on any atom is -0.360 e. The van der Waals surface area contributed by atoms with Crippen LogP contribution < -0.4 is 5.32 Å². The summed E-state index contributed by atoms with van der Waals surface area (Å²) in [6.07, 6.45) is 1.08. The molecule has 1 saturated carbocycles. The van der Waals surface area contributed by atoms with Crippen molar-refractivity contribution in [3.8, 4) is 0 Å². The van der Waals surface area contributed by atoms with E-state index in [0.717, 1.165) is 31.4 Å². The largest absolute Gasteiger partial charge is 0.389 e. The Bertz CT molecular complexity index is 1050. The summed E-state index contributed by atoms with van der Waals surface area (Å²) in [4.78, 5) is 14.6. The zero-order valence-electron chi connectivity index (χ0n) is 21.1. The van der Waals surface area contributed by atoms with Crippen molar-refractivity contribution in [2.24, 2.45) is 0 Å². The molecule has 1 N–H and O–H groups in total. The summed E-state index contributed by atoms with van der Waals surface area (Å²) in [5.41, 5.74) is 0.274. The van der Waals surface area contributed by atoms with Crippen molar-refractivity contribution < 1.29 is 30.9 Å². The van der Waals surface area contributed by atoms with Crippen molar-refractivity contribution in [1.29, 1.82) is 0 Å². The summed E-state index contributed by atoms with van der Waals surface area (Å²) in [7, 11) is -1.83. The normalized spacial score (nSPS) is 28.2. The second kappa shape index (κ2) is 10.5. The molecule has 0 radical (unpaired) electrons. The maximum atomic E-state index is 13.6. The highest BCUT2D eigenvalue weighted by Crippen LogP contribution is 2.41. The average Bonchev–Trinajstić information content (AvgIpc) is 3.49. The van der Waals surface area contributed by atoms with Crippen LogP contribution in [0.1, 0.15) is 86.4 Å². The SMILES string of the molecule is CN(CCCC(F)(F)F)C1CCN(S(=O)(=O)N2[C@@H]3CC[C@H]2CC(NC(=O)c2cc(C4CC4)on2)C3)CC1. The lowest BCUT2D eigenvalue weighted by atomic mass is 9.99. The lowest BCUT2D eigenvalue weighted by molar-refractivity contribution is -0.136. The van der Waals surface area contributed by atoms with Gasteiger partial charge >= 0.3 is 6.18 Å². The molecule has 4 fully saturated rings. The first-order valence-corrected chi connectivity index (χ1v) is 14.7. The Hall–Kier alpha value is -1.70. The van der Waals surface area contributed by atoms with Crippen molar-refractivity contribution in [3.05, 3.63) is 17.5 Å². The molecule has 1 amide bonds. The molecule has 208 valence electrons. The molecule has 3 saturated heterocycles. The first-order chi connectivity index (χ1) is 17.5. The van der Waals surface area contributed by atoms with Crippen LogP contribution in [0, 0.1) is 0 Å². The van der Waals surface area contributed by atoms with Crippen molar-refractivity contribution in [2.45, 2.75) is 100 Å². The fraction of sp³-hybridized carbons (Fsp3) is 0.833. The van der Waals surface area contributed by atoms with Gasteiger partial charge < -0.3 is 14.7 Å². The van der Waals surface area contributed by atoms with Gasteiger partial charge in [-0.25, -0.2) is 0 Å². The average molecular weight is 548 g/mol. The van der Waals surface area contributed by atoms with Gasteiger partial charge in [0.05, 0.1) is 0 Å². The maximum Gasteiger partial charge on any atom is 0.389 e. The number of carbonyl (C=O) groups is 1. The van der Waals surface area contributed by atoms with Gasteiger partial charge in [-0.15, -0.1) is 0 Å². The number of hydrogen-bond acceptors (Lipinski definition) is 6. The van der Waals surface area contributed by atoms with E-state index in [2.05, 4.69) is 10.5 Å². The Morgan fingerprint density at radius 3 is 2.38 bits per heavy atom. The quantitative estimate of drug-likeness (QED) is 0.510. The first kappa shape index (κ1) is 26.9. The van der Waals surface area contributed by atoms with E-state index in [9.17, 15) is 26.4 Å². The molecule has 4 aliphatic rings. The zero-order chi connectivity index (χ0) is 26.4. The number of nitrogens with zero attached hydrogens (tertiary/aromatic N) is 4. The minimum atomic E-state index is -4.15. The standard InChI is InChI=1S/C24H36F3N5O4S/c1-30(10-2-9-24(25,26)27)18-7-11-31(12-8-18)37(34,35)32-19-5-6-20(32)14-17(13-19)28-23(33)21-15-22(36-29-21)16-3-4-16/h15-20H,2-14H2,1H3,(H,28,33)/t17?,19-,20+. The van der Waals surface area contributed by atoms with Gasteiger partial charge in [0.2, 0.25) is 0 Å². The van der Waals surface area contributed by atoms with Crippen molar-refractivity contribution in [2.75, 3.05) is 26.7 Å². The van der Waals surface area contributed by atoms with Gasteiger partial charge in [-0.05, 0) is 71.4 Å². The van der Waals surface area contributed by atoms with Crippen molar-refractivity contribution in [3.63, 3.8) is 0 Å². The van der Waals surface area contributed by atoms with Crippen LogP contribution in [-0.4, -0.2) is 90.0 Å². The van der Waals surface area contributed by atoms with Gasteiger partial charge in [0.1, 0.15) is 5.76 Å². The van der Waals surface area contributed by atoms with Crippen LogP contribution in [0.2, 0.25) is 0 Å². The molecule has 3 aliphatic heterocycles. The van der Waals surface area contributed by atoms with E-state index in [-0.39, 0.29) is 42.2 Å². The number of halogens is 3. The van der Waals surface area contributed by atoms with E-state index in [1.807, 2.05) is 11.9 Å². The van der Waals surface area contributed by atoms with Crippen LogP contribution in [0.5, 0.6) is 0 Å². The van der Waals surface area contributed by atoms with E-state index in [1.165, 1.54) is 4.31 Å². The number of aromatic nitrogens is 1. The summed E-state index contributed by atoms with van der Waals surface area (Å²) in [6.45, 7) is 1.07. The highest BCUT2D eigenvalue weighted by atomic mass is 32.2. The smallest absolute Gasteiger partial charge is 0.360 e. The number of fused-ring (bicyclic) bond motifs is 2. The molecule has 1 aliphatic carbocycles. The Morgan fingerprint density at radius 1 is 1.14 bits per heavy atom. The monoisotopic (exact) mass is 547 g/mol. The van der Waals surface area contributed by atoms with Gasteiger partial charge in [-0.2, -0.15) is 30.2 Å². The van der Waals surface area contributed by atoms with Crippen LogP contribution in [0.3, 0.4) is 0 Å². The molecule has 0 aromatic carbocycles. The predicted octanol–water partition coefficient (Wildman–Crippen LogP) is 3.26. The third-order valence-electron chi connectivity index (χ3n) is 8.35. The van der Waals surface area contributed by atoms with Crippen LogP contribution in [0.15, 0.2) is 10.6 Å². The number of amides is 1. The zero-order valence-corrected chi connectivity index (χ0v) is 21.9. The third-order valence-corrected chi connectivity index (χ3v) is 10.5. The molecule has 9 nitrogen and oxygen atoms in total. The fourth-order valence-corrected chi connectivity index (χ4v) is 8.28. The van der Waals surface area contributed by atoms with Crippen LogP contribution >= 0.6 is 0 Å². The van der Waals surface area contributed by atoms with E-state index in [4.69, 9.17) is 4.52 Å². The van der Waals surface area contributed by atoms with E-state index in [0.29, 0.717) is 51.2 Å². The van der Waals surface area contributed by atoms with Gasteiger partial charge in [-0.1, -0.05) is 5.16 Å². The Kier molecular flexibility index (Phi) is 7.60. The van der Waals surface area contributed by atoms with Gasteiger partial charge in [-0.3, -0.25) is 4.79 Å². The molecule has 1 unspecified atom stereocenters. The third kappa shape index (κ3) is 6.15. The topological polar surface area (TPSA) is 99.0 Å². The highest BCUT2D eigenvalue weighted by molar-refractivity contribution is 7.86. The van der Waals surface area contributed by atoms with Crippen molar-refractivity contribution >= 4 is 16.1 Å². The lowest BCUT2D eigenvalue weighted by Crippen LogP contribution is -2.57. The number of hydrogen-bond donors (Lipinski definition) is 1. The second-order valence-corrected chi connectivity index (χ2v) is 12.9. The van der Waals surface area contributed by atoms with E-state index < -0.39 is 22.8 Å². The molecule has 3 atom stereocenters. The summed E-state index contributed by atoms with van der Waals surface area (Å²) >= 11 is 0. The van der Waals surface area contributed by atoms with Crippen molar-refractivity contribution in [1.82, 2.24) is 24.0 Å². The molecule has 1 aromatic rings. The Balaban J connectivity index is 1.12. The molecule has 4 heterocycles. The maximum absolute atomic E-state index is 13.6. The molecular weight excluding hydrogens is 511 g/mol. The molecule has 37 heavy (non-hydrogen) atoms. The van der Waals surface area contributed by atoms with Crippen LogP contribution in [0.25, 0.3) is 0 Å². The minimum absolute atomic E-state index is 0.0473. The van der Waals surface area contributed by atoms with Gasteiger partial charge in [0.15, 0.2) is 5.69 Å². The molecule has 13 heteroatoms. The second-order valence-electron chi connectivity index (χ2n) is 11.1.